The average Bonchev–Trinajstić information content (AvgIpc) is 3.22. The molecule has 0 atom stereocenters. The van der Waals surface area contributed by atoms with Crippen LogP contribution in [-0.2, 0) is 14.8 Å². The smallest absolute Gasteiger partial charge is 0.274 e. The van der Waals surface area contributed by atoms with Crippen LogP contribution in [-0.4, -0.2) is 60.3 Å². The lowest BCUT2D eigenvalue weighted by molar-refractivity contribution is -0.130. The summed E-state index contributed by atoms with van der Waals surface area (Å²) in [6.07, 6.45) is -1.98. The van der Waals surface area contributed by atoms with Crippen molar-refractivity contribution in [2.45, 2.75) is 15.1 Å². The molecule has 2 aromatic carbocycles. The molecule has 1 fully saturated rings. The minimum atomic E-state index is -4.30. The fraction of sp³-hybridized carbons (Fsp3) is 0.318. The summed E-state index contributed by atoms with van der Waals surface area (Å²) in [6, 6.07) is 8.32. The molecule has 0 saturated carbocycles. The maximum atomic E-state index is 13.7. The highest BCUT2D eigenvalue weighted by Gasteiger charge is 2.37. The van der Waals surface area contributed by atoms with Gasteiger partial charge in [-0.15, -0.1) is 0 Å². The molecule has 1 aromatic heterocycles. The lowest BCUT2D eigenvalue weighted by atomic mass is 10.2. The Bertz CT molecular complexity index is 1420. The molecule has 7 nitrogen and oxygen atoms in total. The molecule has 2 heterocycles. The molecule has 194 valence electrons. The molecular weight excluding hydrogens is 582 g/mol. The van der Waals surface area contributed by atoms with Gasteiger partial charge in [0.05, 0.1) is 23.2 Å². The predicted octanol–water partition coefficient (Wildman–Crippen LogP) is 5.50. The number of hydrogen-bond donors (Lipinski definition) is 0. The number of nitrogens with zero attached hydrogens (tertiary/aromatic N) is 3. The van der Waals surface area contributed by atoms with Gasteiger partial charge in [-0.25, -0.2) is 21.2 Å². The van der Waals surface area contributed by atoms with Gasteiger partial charge in [-0.05, 0) is 30.3 Å². The molecule has 1 aliphatic rings. The van der Waals surface area contributed by atoms with Crippen LogP contribution in [0.1, 0.15) is 12.0 Å². The zero-order valence-corrected chi connectivity index (χ0v) is 22.4. The van der Waals surface area contributed by atoms with E-state index in [0.717, 1.165) is 10.2 Å². The molecule has 1 aliphatic heterocycles. The Labute approximate surface area is 226 Å². The highest BCUT2D eigenvalue weighted by Crippen LogP contribution is 2.37. The molecule has 0 spiro atoms. The summed E-state index contributed by atoms with van der Waals surface area (Å²) in [5.74, 6) is -0.257. The van der Waals surface area contributed by atoms with Gasteiger partial charge in [0.2, 0.25) is 0 Å². The molecule has 0 bridgehead atoms. The Morgan fingerprint density at radius 2 is 1.72 bits per heavy atom. The van der Waals surface area contributed by atoms with Crippen molar-refractivity contribution in [3.8, 4) is 5.75 Å². The molecule has 0 unspecified atom stereocenters. The van der Waals surface area contributed by atoms with Gasteiger partial charge in [0.1, 0.15) is 5.75 Å². The quantitative estimate of drug-likeness (QED) is 0.362. The average molecular weight is 601 g/mol. The first-order valence-corrected chi connectivity index (χ1v) is 13.4. The van der Waals surface area contributed by atoms with Crippen molar-refractivity contribution in [2.24, 2.45) is 0 Å². The number of alkyl halides is 5. The molecule has 4 rings (SSSR count). The SMILES string of the molecule is COc1ccc(S(=O)(=O)n2cc(C(F)F)c3ccc(Cl)cc32)cc1N1CCN(C(=O)C(Cl)(Cl)Cl)CC1. The van der Waals surface area contributed by atoms with Gasteiger partial charge in [-0.3, -0.25) is 4.79 Å². The summed E-state index contributed by atoms with van der Waals surface area (Å²) in [7, 11) is -2.86. The van der Waals surface area contributed by atoms with Crippen molar-refractivity contribution in [2.75, 3.05) is 38.2 Å². The molecule has 3 aromatic rings. The first-order valence-electron chi connectivity index (χ1n) is 10.5. The van der Waals surface area contributed by atoms with Gasteiger partial charge in [0.15, 0.2) is 0 Å². The highest BCUT2D eigenvalue weighted by atomic mass is 35.6. The van der Waals surface area contributed by atoms with Crippen LogP contribution in [0.4, 0.5) is 14.5 Å². The van der Waals surface area contributed by atoms with Crippen LogP contribution in [0.5, 0.6) is 5.75 Å². The number of fused-ring (bicyclic) bond motifs is 1. The molecule has 0 N–H and O–H groups in total. The third kappa shape index (κ3) is 5.06. The van der Waals surface area contributed by atoms with E-state index in [1.165, 1.54) is 48.4 Å². The zero-order chi connectivity index (χ0) is 26.4. The standard InChI is InChI=1S/C22H19Cl4F2N3O4S/c1-35-19-5-3-14(11-18(19)29-6-8-30(9-7-29)21(32)22(24,25)26)36(33,34)31-12-16(20(27)28)15-4-2-13(23)10-17(15)31/h2-5,10-12,20H,6-9H2,1H3. The number of benzene rings is 2. The molecule has 0 aliphatic carbocycles. The minimum absolute atomic E-state index is 0.0361. The van der Waals surface area contributed by atoms with Gasteiger partial charge < -0.3 is 14.5 Å². The summed E-state index contributed by atoms with van der Waals surface area (Å²) in [5, 5.41) is 0.289. The number of rotatable bonds is 5. The second-order valence-electron chi connectivity index (χ2n) is 7.96. The Balaban J connectivity index is 1.72. The van der Waals surface area contributed by atoms with E-state index in [0.29, 0.717) is 24.5 Å². The van der Waals surface area contributed by atoms with Crippen LogP contribution in [0.2, 0.25) is 5.02 Å². The molecular formula is C22H19Cl4F2N3O4S. The lowest BCUT2D eigenvalue weighted by Gasteiger charge is -2.37. The molecule has 36 heavy (non-hydrogen) atoms. The van der Waals surface area contributed by atoms with E-state index >= 15 is 0 Å². The number of ether oxygens (including phenoxy) is 1. The summed E-state index contributed by atoms with van der Waals surface area (Å²) in [4.78, 5) is 15.3. The lowest BCUT2D eigenvalue weighted by Crippen LogP contribution is -2.51. The molecule has 0 radical (unpaired) electrons. The Morgan fingerprint density at radius 3 is 2.31 bits per heavy atom. The minimum Gasteiger partial charge on any atom is -0.495 e. The zero-order valence-electron chi connectivity index (χ0n) is 18.6. The van der Waals surface area contributed by atoms with Crippen molar-refractivity contribution in [1.29, 1.82) is 0 Å². The van der Waals surface area contributed by atoms with Crippen molar-refractivity contribution >= 4 is 78.9 Å². The second kappa shape index (κ2) is 10.1. The van der Waals surface area contributed by atoms with Crippen molar-refractivity contribution in [1.82, 2.24) is 8.87 Å². The van der Waals surface area contributed by atoms with Crippen molar-refractivity contribution in [3.05, 3.63) is 53.2 Å². The van der Waals surface area contributed by atoms with Gasteiger partial charge >= 0.3 is 0 Å². The number of carbonyl (C=O) groups is 1. The summed E-state index contributed by atoms with van der Waals surface area (Å²) in [5.41, 5.74) is 0.0610. The van der Waals surface area contributed by atoms with Crippen molar-refractivity contribution < 1.29 is 26.7 Å². The van der Waals surface area contributed by atoms with Crippen LogP contribution < -0.4 is 9.64 Å². The summed E-state index contributed by atoms with van der Waals surface area (Å²) >= 11 is 23.1. The number of piperazine rings is 1. The largest absolute Gasteiger partial charge is 0.495 e. The first kappa shape index (κ1) is 27.1. The van der Waals surface area contributed by atoms with Gasteiger partial charge in [0.25, 0.3) is 26.1 Å². The fourth-order valence-corrected chi connectivity index (χ4v) is 6.01. The van der Waals surface area contributed by atoms with E-state index < -0.39 is 31.7 Å². The summed E-state index contributed by atoms with van der Waals surface area (Å²) < 4.78 is 58.7. The number of halogens is 6. The van der Waals surface area contributed by atoms with Crippen LogP contribution >= 0.6 is 46.4 Å². The number of carbonyl (C=O) groups excluding carboxylic acids is 1. The maximum absolute atomic E-state index is 13.7. The van der Waals surface area contributed by atoms with E-state index in [9.17, 15) is 22.0 Å². The number of methoxy groups -OCH3 is 1. The fourth-order valence-electron chi connectivity index (χ4n) is 4.09. The predicted molar refractivity (Wildman–Crippen MR) is 137 cm³/mol. The van der Waals surface area contributed by atoms with Crippen LogP contribution in [0.3, 0.4) is 0 Å². The number of anilines is 1. The third-order valence-corrected chi connectivity index (χ3v) is 8.25. The molecule has 1 saturated heterocycles. The van der Waals surface area contributed by atoms with Crippen LogP contribution in [0, 0.1) is 0 Å². The Kier molecular flexibility index (Phi) is 7.56. The number of hydrogen-bond acceptors (Lipinski definition) is 5. The van der Waals surface area contributed by atoms with E-state index in [4.69, 9.17) is 51.1 Å². The topological polar surface area (TPSA) is 71.9 Å². The number of aromatic nitrogens is 1. The van der Waals surface area contributed by atoms with E-state index in [2.05, 4.69) is 0 Å². The van der Waals surface area contributed by atoms with Crippen LogP contribution in [0.25, 0.3) is 10.9 Å². The normalized spacial score (nSPS) is 15.1. The number of amides is 1. The van der Waals surface area contributed by atoms with Crippen LogP contribution in [0.15, 0.2) is 47.5 Å². The van der Waals surface area contributed by atoms with Gasteiger partial charge in [-0.2, -0.15) is 0 Å². The second-order valence-corrected chi connectivity index (χ2v) is 12.5. The van der Waals surface area contributed by atoms with E-state index in [1.54, 1.807) is 0 Å². The molecule has 1 amide bonds. The molecule has 14 heteroatoms. The Morgan fingerprint density at radius 1 is 1.06 bits per heavy atom. The van der Waals surface area contributed by atoms with Gasteiger partial charge in [0, 0.05) is 48.3 Å². The monoisotopic (exact) mass is 599 g/mol. The van der Waals surface area contributed by atoms with Crippen molar-refractivity contribution in [3.63, 3.8) is 0 Å². The highest BCUT2D eigenvalue weighted by molar-refractivity contribution is 7.90. The van der Waals surface area contributed by atoms with Gasteiger partial charge in [-0.1, -0.05) is 52.5 Å². The third-order valence-electron chi connectivity index (χ3n) is 5.86. The maximum Gasteiger partial charge on any atom is 0.274 e. The first-order chi connectivity index (χ1) is 16.8. The Hall–Kier alpha value is -1.98. The van der Waals surface area contributed by atoms with E-state index in [1.807, 2.05) is 4.90 Å². The summed E-state index contributed by atoms with van der Waals surface area (Å²) in [6.45, 7) is 1.07. The van der Waals surface area contributed by atoms with E-state index in [-0.39, 0.29) is 33.9 Å².